The van der Waals surface area contributed by atoms with Crippen LogP contribution in [0.3, 0.4) is 0 Å². The van der Waals surface area contributed by atoms with Crippen LogP contribution in [0.4, 0.5) is 0 Å². The molecule has 21 heavy (non-hydrogen) atoms. The summed E-state index contributed by atoms with van der Waals surface area (Å²) in [5.41, 5.74) is 2.91. The Morgan fingerprint density at radius 2 is 2.10 bits per heavy atom. The zero-order valence-corrected chi connectivity index (χ0v) is 12.4. The minimum atomic E-state index is -0.337. The fraction of sp³-hybridized carbons (Fsp3) is 0.353. The average molecular weight is 285 g/mol. The molecule has 1 aliphatic carbocycles. The van der Waals surface area contributed by atoms with Crippen LogP contribution in [0.5, 0.6) is 0 Å². The van der Waals surface area contributed by atoms with Crippen LogP contribution in [0, 0.1) is 6.92 Å². The van der Waals surface area contributed by atoms with E-state index in [1.165, 1.54) is 0 Å². The quantitative estimate of drug-likeness (QED) is 0.629. The first-order valence-corrected chi connectivity index (χ1v) is 6.96. The lowest BCUT2D eigenvalue weighted by Gasteiger charge is -2.33. The van der Waals surface area contributed by atoms with Crippen LogP contribution in [0.15, 0.2) is 24.8 Å². The third kappa shape index (κ3) is 3.10. The standard InChI is InChI=1S/C17H19NO3/c1-11-4-6-15(13(8-11)10-19)12(2)18(3)16-7-5-14(20)9-17(16)21/h4,6,8,10,16H,2,5,7,9H2,1,3H3. The van der Waals surface area contributed by atoms with Gasteiger partial charge in [0.2, 0.25) is 0 Å². The first kappa shape index (κ1) is 15.2. The van der Waals surface area contributed by atoms with Crippen molar-refractivity contribution < 1.29 is 14.4 Å². The lowest BCUT2D eigenvalue weighted by atomic mass is 9.91. The fourth-order valence-electron chi connectivity index (χ4n) is 2.69. The van der Waals surface area contributed by atoms with Gasteiger partial charge in [0.25, 0.3) is 0 Å². The van der Waals surface area contributed by atoms with Crippen molar-refractivity contribution in [1.82, 2.24) is 4.90 Å². The molecule has 4 heteroatoms. The van der Waals surface area contributed by atoms with E-state index in [0.717, 1.165) is 17.4 Å². The number of likely N-dealkylation sites (N-methyl/N-ethyl adjacent to an activating group) is 1. The van der Waals surface area contributed by atoms with Crippen LogP contribution in [0.1, 0.15) is 40.7 Å². The number of carbonyl (C=O) groups is 3. The second kappa shape index (κ2) is 6.04. The van der Waals surface area contributed by atoms with Crippen molar-refractivity contribution in [3.63, 3.8) is 0 Å². The van der Waals surface area contributed by atoms with Crippen molar-refractivity contribution in [2.45, 2.75) is 32.2 Å². The second-order valence-electron chi connectivity index (χ2n) is 5.50. The number of aldehydes is 1. The lowest BCUT2D eigenvalue weighted by Crippen LogP contribution is -2.41. The molecule has 2 rings (SSSR count). The van der Waals surface area contributed by atoms with Crippen LogP contribution in [-0.2, 0) is 9.59 Å². The number of hydrogen-bond acceptors (Lipinski definition) is 4. The molecular weight excluding hydrogens is 266 g/mol. The zero-order valence-electron chi connectivity index (χ0n) is 12.4. The average Bonchev–Trinajstić information content (AvgIpc) is 2.45. The second-order valence-corrected chi connectivity index (χ2v) is 5.50. The normalized spacial score (nSPS) is 18.5. The molecule has 0 aliphatic heterocycles. The number of Topliss-reactive ketones (excluding diaryl/α,β-unsaturated/α-hetero) is 2. The van der Waals surface area contributed by atoms with Gasteiger partial charge < -0.3 is 4.90 Å². The van der Waals surface area contributed by atoms with Gasteiger partial charge in [0.1, 0.15) is 5.78 Å². The number of benzene rings is 1. The molecule has 0 heterocycles. The van der Waals surface area contributed by atoms with Crippen LogP contribution < -0.4 is 0 Å². The summed E-state index contributed by atoms with van der Waals surface area (Å²) in [6.07, 6.45) is 1.72. The van der Waals surface area contributed by atoms with Gasteiger partial charge in [-0.15, -0.1) is 0 Å². The van der Waals surface area contributed by atoms with E-state index in [4.69, 9.17) is 0 Å². The van der Waals surface area contributed by atoms with E-state index in [9.17, 15) is 14.4 Å². The van der Waals surface area contributed by atoms with Crippen LogP contribution in [0.25, 0.3) is 5.70 Å². The maximum Gasteiger partial charge on any atom is 0.162 e. The maximum atomic E-state index is 12.0. The molecule has 1 aliphatic rings. The Labute approximate surface area is 124 Å². The van der Waals surface area contributed by atoms with E-state index in [1.807, 2.05) is 19.1 Å². The molecule has 1 unspecified atom stereocenters. The fourth-order valence-corrected chi connectivity index (χ4v) is 2.69. The van der Waals surface area contributed by atoms with Crippen molar-refractivity contribution in [1.29, 1.82) is 0 Å². The Morgan fingerprint density at radius 3 is 2.71 bits per heavy atom. The van der Waals surface area contributed by atoms with Gasteiger partial charge in [0.15, 0.2) is 12.1 Å². The van der Waals surface area contributed by atoms with E-state index in [-0.39, 0.29) is 24.0 Å². The van der Waals surface area contributed by atoms with Gasteiger partial charge in [0, 0.05) is 30.3 Å². The van der Waals surface area contributed by atoms with Gasteiger partial charge in [0.05, 0.1) is 12.5 Å². The van der Waals surface area contributed by atoms with Crippen molar-refractivity contribution in [2.75, 3.05) is 7.05 Å². The summed E-state index contributed by atoms with van der Waals surface area (Å²) in [5, 5.41) is 0. The number of ketones is 2. The van der Waals surface area contributed by atoms with Crippen LogP contribution in [-0.4, -0.2) is 35.8 Å². The number of carbonyl (C=O) groups excluding carboxylic acids is 3. The smallest absolute Gasteiger partial charge is 0.162 e. The number of hydrogen-bond donors (Lipinski definition) is 0. The summed E-state index contributed by atoms with van der Waals surface area (Å²) in [6, 6.07) is 5.22. The molecule has 110 valence electrons. The highest BCUT2D eigenvalue weighted by Gasteiger charge is 2.31. The predicted molar refractivity (Wildman–Crippen MR) is 81.0 cm³/mol. The summed E-state index contributed by atoms with van der Waals surface area (Å²) in [5.74, 6) is -0.0751. The molecule has 0 N–H and O–H groups in total. The summed E-state index contributed by atoms with van der Waals surface area (Å²) in [7, 11) is 1.79. The van der Waals surface area contributed by atoms with Gasteiger partial charge in [-0.2, -0.15) is 0 Å². The molecule has 1 fully saturated rings. The Hall–Kier alpha value is -2.23. The number of aryl methyl sites for hydroxylation is 1. The first-order chi connectivity index (χ1) is 9.93. The van der Waals surface area contributed by atoms with Crippen molar-refractivity contribution in [3.05, 3.63) is 41.5 Å². The van der Waals surface area contributed by atoms with Crippen LogP contribution >= 0.6 is 0 Å². The van der Waals surface area contributed by atoms with Gasteiger partial charge in [-0.05, 0) is 19.4 Å². The SMILES string of the molecule is C=C(c1ccc(C)cc1C=O)N(C)C1CCC(=O)CC1=O. The summed E-state index contributed by atoms with van der Waals surface area (Å²) < 4.78 is 0. The Balaban J connectivity index is 2.25. The molecule has 0 radical (unpaired) electrons. The van der Waals surface area contributed by atoms with Gasteiger partial charge in [-0.25, -0.2) is 0 Å². The molecule has 1 atom stereocenters. The molecule has 1 saturated carbocycles. The first-order valence-electron chi connectivity index (χ1n) is 6.96. The highest BCUT2D eigenvalue weighted by molar-refractivity contribution is 6.04. The molecule has 4 nitrogen and oxygen atoms in total. The lowest BCUT2D eigenvalue weighted by molar-refractivity contribution is -0.132. The van der Waals surface area contributed by atoms with Crippen LogP contribution in [0.2, 0.25) is 0 Å². The molecule has 0 spiro atoms. The van der Waals surface area contributed by atoms with Gasteiger partial charge >= 0.3 is 0 Å². The van der Waals surface area contributed by atoms with E-state index < -0.39 is 0 Å². The summed E-state index contributed by atoms with van der Waals surface area (Å²) >= 11 is 0. The zero-order chi connectivity index (χ0) is 15.6. The molecular formula is C17H19NO3. The largest absolute Gasteiger partial charge is 0.364 e. The Bertz CT molecular complexity index is 618. The highest BCUT2D eigenvalue weighted by Crippen LogP contribution is 2.26. The van der Waals surface area contributed by atoms with Crippen molar-refractivity contribution in [3.8, 4) is 0 Å². The highest BCUT2D eigenvalue weighted by atomic mass is 16.2. The molecule has 0 saturated heterocycles. The predicted octanol–water partition coefficient (Wildman–Crippen LogP) is 2.40. The van der Waals surface area contributed by atoms with Gasteiger partial charge in [-0.3, -0.25) is 14.4 Å². The minimum absolute atomic E-state index is 0.000760. The summed E-state index contributed by atoms with van der Waals surface area (Å²) in [4.78, 5) is 36.3. The van der Waals surface area contributed by atoms with E-state index >= 15 is 0 Å². The third-order valence-corrected chi connectivity index (χ3v) is 3.98. The monoisotopic (exact) mass is 285 g/mol. The van der Waals surface area contributed by atoms with Gasteiger partial charge in [-0.1, -0.05) is 24.3 Å². The van der Waals surface area contributed by atoms with E-state index in [1.54, 1.807) is 18.0 Å². The molecule has 1 aromatic carbocycles. The van der Waals surface area contributed by atoms with E-state index in [2.05, 4.69) is 6.58 Å². The molecule has 1 aromatic rings. The van der Waals surface area contributed by atoms with Crippen molar-refractivity contribution >= 4 is 23.5 Å². The molecule has 0 amide bonds. The topological polar surface area (TPSA) is 54.5 Å². The number of rotatable bonds is 4. The van der Waals surface area contributed by atoms with E-state index in [0.29, 0.717) is 24.1 Å². The number of nitrogens with zero attached hydrogens (tertiary/aromatic N) is 1. The molecule has 0 bridgehead atoms. The summed E-state index contributed by atoms with van der Waals surface area (Å²) in [6.45, 7) is 5.94. The molecule has 0 aromatic heterocycles. The van der Waals surface area contributed by atoms with Crippen molar-refractivity contribution in [2.24, 2.45) is 0 Å². The Morgan fingerprint density at radius 1 is 1.38 bits per heavy atom. The third-order valence-electron chi connectivity index (χ3n) is 3.98. The minimum Gasteiger partial charge on any atom is -0.364 e. The maximum absolute atomic E-state index is 12.0. The Kier molecular flexibility index (Phi) is 4.36.